The van der Waals surface area contributed by atoms with Crippen molar-refractivity contribution in [3.05, 3.63) is 11.6 Å². The minimum absolute atomic E-state index is 0.0303. The zero-order valence-corrected chi connectivity index (χ0v) is 18.0. The number of ketones is 1. The molecule has 0 N–H and O–H groups in total. The highest BCUT2D eigenvalue weighted by atomic mass is 16.6. The van der Waals surface area contributed by atoms with E-state index in [-0.39, 0.29) is 52.4 Å². The van der Waals surface area contributed by atoms with Gasteiger partial charge in [-0.25, -0.2) is 0 Å². The van der Waals surface area contributed by atoms with E-state index in [2.05, 4.69) is 13.8 Å². The second-order valence-corrected chi connectivity index (χ2v) is 11.0. The predicted molar refractivity (Wildman–Crippen MR) is 105 cm³/mol. The Morgan fingerprint density at radius 1 is 1.17 bits per heavy atom. The Balaban J connectivity index is 1.49. The zero-order valence-electron chi connectivity index (χ0n) is 18.0. The Hall–Kier alpha value is -1.69. The standard InChI is InChI=1S/C24H30O6/c1-21-7-4-14(25)10-13(21)11-15(20(27)28-3)19-16-5-8-23(9-6-18(26)30-23)22(16,2)12-17-24(19,21)29-17/h10,15-17,19H,4-9,11-12H2,1-3H3/t15-,16?,17?,19?,21?,22?,23-,24-/m1/s1. The number of hydrogen-bond donors (Lipinski definition) is 0. The van der Waals surface area contributed by atoms with Crippen LogP contribution in [0.2, 0.25) is 0 Å². The average molecular weight is 414 g/mol. The van der Waals surface area contributed by atoms with Crippen LogP contribution in [0.25, 0.3) is 0 Å². The molecule has 6 nitrogen and oxygen atoms in total. The van der Waals surface area contributed by atoms with Crippen molar-refractivity contribution in [2.75, 3.05) is 7.11 Å². The summed E-state index contributed by atoms with van der Waals surface area (Å²) in [7, 11) is 1.45. The molecule has 0 aromatic heterocycles. The smallest absolute Gasteiger partial charge is 0.309 e. The molecule has 6 heteroatoms. The number of epoxide rings is 1. The molecule has 6 rings (SSSR count). The van der Waals surface area contributed by atoms with E-state index in [9.17, 15) is 14.4 Å². The molecule has 2 aliphatic heterocycles. The van der Waals surface area contributed by atoms with Crippen molar-refractivity contribution in [1.82, 2.24) is 0 Å². The molecule has 30 heavy (non-hydrogen) atoms. The molecule has 6 aliphatic rings. The maximum absolute atomic E-state index is 13.0. The summed E-state index contributed by atoms with van der Waals surface area (Å²) in [6.07, 6.45) is 7.61. The third-order valence-electron chi connectivity index (χ3n) is 10.2. The van der Waals surface area contributed by atoms with E-state index >= 15 is 0 Å². The summed E-state index contributed by atoms with van der Waals surface area (Å²) in [5.74, 6) is -0.201. The first-order valence-electron chi connectivity index (χ1n) is 11.4. The molecule has 0 radical (unpaired) electrons. The van der Waals surface area contributed by atoms with Gasteiger partial charge in [-0.2, -0.15) is 0 Å². The highest BCUT2D eigenvalue weighted by Crippen LogP contribution is 2.78. The van der Waals surface area contributed by atoms with Gasteiger partial charge in [-0.3, -0.25) is 14.4 Å². The number of carbonyl (C=O) groups is 3. The van der Waals surface area contributed by atoms with E-state index in [1.807, 2.05) is 0 Å². The minimum atomic E-state index is -0.424. The largest absolute Gasteiger partial charge is 0.469 e. The number of hydrogen-bond acceptors (Lipinski definition) is 6. The van der Waals surface area contributed by atoms with E-state index in [0.29, 0.717) is 19.3 Å². The number of ether oxygens (including phenoxy) is 3. The van der Waals surface area contributed by atoms with Crippen LogP contribution in [0.3, 0.4) is 0 Å². The van der Waals surface area contributed by atoms with Gasteiger partial charge in [0.05, 0.1) is 19.1 Å². The lowest BCUT2D eigenvalue weighted by Gasteiger charge is -2.58. The maximum atomic E-state index is 13.0. The molecule has 8 atom stereocenters. The molecule has 2 spiro atoms. The molecule has 162 valence electrons. The van der Waals surface area contributed by atoms with Crippen LogP contribution in [-0.2, 0) is 28.6 Å². The highest BCUT2D eigenvalue weighted by molar-refractivity contribution is 5.92. The fourth-order valence-electron chi connectivity index (χ4n) is 8.69. The second kappa shape index (κ2) is 5.56. The Kier molecular flexibility index (Phi) is 3.53. The quantitative estimate of drug-likeness (QED) is 0.484. The zero-order chi connectivity index (χ0) is 21.1. The van der Waals surface area contributed by atoms with Crippen LogP contribution in [0.15, 0.2) is 11.6 Å². The lowest BCUT2D eigenvalue weighted by molar-refractivity contribution is -0.172. The van der Waals surface area contributed by atoms with E-state index in [0.717, 1.165) is 37.7 Å². The summed E-state index contributed by atoms with van der Waals surface area (Å²) in [5, 5.41) is 0. The summed E-state index contributed by atoms with van der Waals surface area (Å²) in [4.78, 5) is 37.4. The van der Waals surface area contributed by atoms with Crippen LogP contribution >= 0.6 is 0 Å². The van der Waals surface area contributed by atoms with Crippen LogP contribution < -0.4 is 0 Å². The number of esters is 2. The lowest BCUT2D eigenvalue weighted by Crippen LogP contribution is -2.63. The van der Waals surface area contributed by atoms with E-state index in [4.69, 9.17) is 14.2 Å². The van der Waals surface area contributed by atoms with Crippen molar-refractivity contribution >= 4 is 17.7 Å². The second-order valence-electron chi connectivity index (χ2n) is 11.0. The van der Waals surface area contributed by atoms with Gasteiger partial charge in [0.1, 0.15) is 11.2 Å². The number of rotatable bonds is 1. The third-order valence-corrected chi connectivity index (χ3v) is 10.2. The first-order chi connectivity index (χ1) is 14.2. The van der Waals surface area contributed by atoms with Crippen molar-refractivity contribution in [1.29, 1.82) is 0 Å². The average Bonchev–Trinajstić information content (AvgIpc) is 3.20. The first-order valence-corrected chi connectivity index (χ1v) is 11.4. The van der Waals surface area contributed by atoms with Gasteiger partial charge in [0.2, 0.25) is 0 Å². The SMILES string of the molecule is COC(=O)[C@@H]1CC2=CC(=O)CCC2(C)[C@@]23OC2CC2(C)C(CC[C@@]24CCC(=O)O4)C13. The maximum Gasteiger partial charge on any atom is 0.309 e. The molecule has 0 aromatic carbocycles. The van der Waals surface area contributed by atoms with Crippen LogP contribution in [0.1, 0.15) is 65.2 Å². The van der Waals surface area contributed by atoms with Crippen molar-refractivity contribution in [2.45, 2.75) is 82.5 Å². The molecule has 2 heterocycles. The van der Waals surface area contributed by atoms with Crippen molar-refractivity contribution in [3.63, 3.8) is 0 Å². The van der Waals surface area contributed by atoms with Gasteiger partial charge in [0.25, 0.3) is 0 Å². The van der Waals surface area contributed by atoms with Gasteiger partial charge in [0.15, 0.2) is 5.78 Å². The molecule has 4 aliphatic carbocycles. The topological polar surface area (TPSA) is 82.2 Å². The molecule has 5 unspecified atom stereocenters. The highest BCUT2D eigenvalue weighted by Gasteiger charge is 2.83. The Bertz CT molecular complexity index is 907. The summed E-state index contributed by atoms with van der Waals surface area (Å²) >= 11 is 0. The van der Waals surface area contributed by atoms with Crippen LogP contribution in [-0.4, -0.2) is 42.1 Å². The van der Waals surface area contributed by atoms with Crippen LogP contribution in [0.4, 0.5) is 0 Å². The van der Waals surface area contributed by atoms with Crippen LogP contribution in [0, 0.1) is 28.6 Å². The molecule has 0 amide bonds. The first kappa shape index (κ1) is 19.0. The van der Waals surface area contributed by atoms with Gasteiger partial charge < -0.3 is 14.2 Å². The molecule has 0 aromatic rings. The Morgan fingerprint density at radius 3 is 2.67 bits per heavy atom. The normalized spacial score (nSPS) is 53.2. The predicted octanol–water partition coefficient (Wildman–Crippen LogP) is 3.12. The fourth-order valence-corrected chi connectivity index (χ4v) is 8.69. The molecular weight excluding hydrogens is 384 g/mol. The van der Waals surface area contributed by atoms with E-state index < -0.39 is 11.2 Å². The summed E-state index contributed by atoms with van der Waals surface area (Å²) in [6, 6.07) is 0. The monoisotopic (exact) mass is 414 g/mol. The van der Waals surface area contributed by atoms with Gasteiger partial charge in [-0.1, -0.05) is 19.4 Å². The van der Waals surface area contributed by atoms with Crippen molar-refractivity contribution in [3.8, 4) is 0 Å². The number of carbonyl (C=O) groups excluding carboxylic acids is 3. The van der Waals surface area contributed by atoms with Gasteiger partial charge in [-0.05, 0) is 50.5 Å². The molecule has 2 saturated heterocycles. The molecular formula is C24H30O6. The van der Waals surface area contributed by atoms with Gasteiger partial charge >= 0.3 is 11.9 Å². The number of methoxy groups -OCH3 is 1. The van der Waals surface area contributed by atoms with Gasteiger partial charge in [-0.15, -0.1) is 0 Å². The summed E-state index contributed by atoms with van der Waals surface area (Å²) in [5.41, 5.74) is -0.175. The third kappa shape index (κ3) is 1.94. The Morgan fingerprint density at radius 2 is 1.97 bits per heavy atom. The van der Waals surface area contributed by atoms with Crippen molar-refractivity contribution < 1.29 is 28.6 Å². The Labute approximate surface area is 176 Å². The summed E-state index contributed by atoms with van der Waals surface area (Å²) < 4.78 is 17.9. The fraction of sp³-hybridized carbons (Fsp3) is 0.792. The molecule has 3 saturated carbocycles. The minimum Gasteiger partial charge on any atom is -0.469 e. The van der Waals surface area contributed by atoms with E-state index in [1.165, 1.54) is 7.11 Å². The van der Waals surface area contributed by atoms with Gasteiger partial charge in [0, 0.05) is 29.6 Å². The van der Waals surface area contributed by atoms with E-state index in [1.54, 1.807) is 6.08 Å². The summed E-state index contributed by atoms with van der Waals surface area (Å²) in [6.45, 7) is 4.51. The van der Waals surface area contributed by atoms with Crippen molar-refractivity contribution in [2.24, 2.45) is 28.6 Å². The molecule has 0 bridgehead atoms. The number of fused-ring (bicyclic) bond motifs is 4. The lowest BCUT2D eigenvalue weighted by atomic mass is 9.43. The van der Waals surface area contributed by atoms with Crippen LogP contribution in [0.5, 0.6) is 0 Å². The molecule has 5 fully saturated rings.